The van der Waals surface area contributed by atoms with Crippen LogP contribution in [0.4, 0.5) is 0 Å². The monoisotopic (exact) mass is 266 g/mol. The number of nitrogens with zero attached hydrogens (tertiary/aromatic N) is 3. The van der Waals surface area contributed by atoms with E-state index in [4.69, 9.17) is 5.11 Å². The highest BCUT2D eigenvalue weighted by Gasteiger charge is 2.15. The highest BCUT2D eigenvalue weighted by atomic mass is 32.2. The lowest BCUT2D eigenvalue weighted by Gasteiger charge is -2.09. The van der Waals surface area contributed by atoms with Gasteiger partial charge in [0.25, 0.3) is 0 Å². The van der Waals surface area contributed by atoms with Crippen LogP contribution >= 0.6 is 11.8 Å². The van der Waals surface area contributed by atoms with Crippen LogP contribution in [0.3, 0.4) is 0 Å². The molecule has 0 aromatic carbocycles. The zero-order chi connectivity index (χ0) is 13.0. The molecule has 2 aromatic heterocycles. The summed E-state index contributed by atoms with van der Waals surface area (Å²) in [5.41, 5.74) is 0.795. The summed E-state index contributed by atoms with van der Waals surface area (Å²) in [5.74, 6) is -0.155. The van der Waals surface area contributed by atoms with Gasteiger partial charge in [-0.25, -0.2) is 0 Å². The Morgan fingerprint density at radius 2 is 2.39 bits per heavy atom. The van der Waals surface area contributed by atoms with Crippen molar-refractivity contribution in [3.05, 3.63) is 24.4 Å². The van der Waals surface area contributed by atoms with Crippen molar-refractivity contribution in [3.8, 4) is 0 Å². The number of aromatic nitrogens is 3. The number of carboxylic acids is 1. The maximum atomic E-state index is 10.8. The largest absolute Gasteiger partial charge is 0.480 e. The van der Waals surface area contributed by atoms with Crippen LogP contribution in [-0.2, 0) is 4.79 Å². The summed E-state index contributed by atoms with van der Waals surface area (Å²) in [6.07, 6.45) is 2.43. The van der Waals surface area contributed by atoms with Crippen molar-refractivity contribution in [3.63, 3.8) is 0 Å². The minimum absolute atomic E-state index is 0.517. The van der Waals surface area contributed by atoms with Crippen LogP contribution < -0.4 is 5.32 Å². The van der Waals surface area contributed by atoms with Crippen LogP contribution in [0.1, 0.15) is 6.42 Å². The summed E-state index contributed by atoms with van der Waals surface area (Å²) in [4.78, 5) is 10.8. The molecule has 0 saturated heterocycles. The number of aliphatic carboxylic acids is 1. The van der Waals surface area contributed by atoms with Gasteiger partial charge >= 0.3 is 5.97 Å². The third-order valence-electron chi connectivity index (χ3n) is 2.57. The van der Waals surface area contributed by atoms with Gasteiger partial charge in [0.05, 0.1) is 0 Å². The number of carboxylic acid groups (broad SMARTS) is 1. The molecule has 0 spiro atoms. The molecule has 7 heteroatoms. The topological polar surface area (TPSA) is 79.5 Å². The van der Waals surface area contributed by atoms with Gasteiger partial charge in [-0.3, -0.25) is 9.20 Å². The molecule has 96 valence electrons. The van der Waals surface area contributed by atoms with Gasteiger partial charge < -0.3 is 10.4 Å². The highest BCUT2D eigenvalue weighted by Crippen LogP contribution is 2.17. The first-order chi connectivity index (χ1) is 8.72. The van der Waals surface area contributed by atoms with Crippen molar-refractivity contribution in [1.82, 2.24) is 19.9 Å². The highest BCUT2D eigenvalue weighted by molar-refractivity contribution is 7.99. The van der Waals surface area contributed by atoms with Crippen molar-refractivity contribution in [1.29, 1.82) is 0 Å². The number of carbonyl (C=O) groups is 1. The summed E-state index contributed by atoms with van der Waals surface area (Å²) in [5, 5.41) is 20.5. The lowest BCUT2D eigenvalue weighted by atomic mass is 10.2. The third kappa shape index (κ3) is 2.80. The summed E-state index contributed by atoms with van der Waals surface area (Å²) < 4.78 is 1.89. The minimum Gasteiger partial charge on any atom is -0.480 e. The van der Waals surface area contributed by atoms with Gasteiger partial charge in [-0.1, -0.05) is 17.8 Å². The smallest absolute Gasteiger partial charge is 0.320 e. The molecule has 0 bridgehead atoms. The molecule has 2 heterocycles. The Kier molecular flexibility index (Phi) is 4.16. The summed E-state index contributed by atoms with van der Waals surface area (Å²) >= 11 is 1.50. The fraction of sp³-hybridized carbons (Fsp3) is 0.364. The van der Waals surface area contributed by atoms with E-state index in [-0.39, 0.29) is 0 Å². The Morgan fingerprint density at radius 3 is 3.11 bits per heavy atom. The molecule has 0 aliphatic carbocycles. The Hall–Kier alpha value is -1.60. The lowest BCUT2D eigenvalue weighted by molar-refractivity contribution is -0.139. The second-order valence-corrected chi connectivity index (χ2v) is 4.79. The molecule has 0 aliphatic rings. The van der Waals surface area contributed by atoms with Crippen LogP contribution in [0.2, 0.25) is 0 Å². The molecular formula is C11H14N4O2S. The van der Waals surface area contributed by atoms with Gasteiger partial charge in [0, 0.05) is 11.9 Å². The quantitative estimate of drug-likeness (QED) is 0.756. The average Bonchev–Trinajstić information content (AvgIpc) is 2.78. The van der Waals surface area contributed by atoms with Gasteiger partial charge in [0.2, 0.25) is 0 Å². The van der Waals surface area contributed by atoms with Gasteiger partial charge in [-0.2, -0.15) is 0 Å². The van der Waals surface area contributed by atoms with Crippen LogP contribution in [0.15, 0.2) is 29.6 Å². The lowest BCUT2D eigenvalue weighted by Crippen LogP contribution is -2.34. The molecule has 18 heavy (non-hydrogen) atoms. The Morgan fingerprint density at radius 1 is 1.56 bits per heavy atom. The second-order valence-electron chi connectivity index (χ2n) is 3.73. The second kappa shape index (κ2) is 5.83. The number of likely N-dealkylation sites (N-methyl/N-ethyl adjacent to an activating group) is 1. The first-order valence-electron chi connectivity index (χ1n) is 5.55. The number of pyridine rings is 1. The van der Waals surface area contributed by atoms with E-state index in [2.05, 4.69) is 15.5 Å². The molecule has 0 radical (unpaired) electrons. The molecule has 0 fully saturated rings. The van der Waals surface area contributed by atoms with Crippen molar-refractivity contribution in [2.45, 2.75) is 17.6 Å². The third-order valence-corrected chi connectivity index (χ3v) is 3.54. The van der Waals surface area contributed by atoms with Crippen LogP contribution in [-0.4, -0.2) is 44.5 Å². The SMILES string of the molecule is CNC(CCSc1nnc2ccccn12)C(=O)O. The first-order valence-corrected chi connectivity index (χ1v) is 6.53. The van der Waals surface area contributed by atoms with E-state index >= 15 is 0 Å². The predicted molar refractivity (Wildman–Crippen MR) is 68.8 cm³/mol. The first kappa shape index (κ1) is 12.8. The molecule has 0 saturated carbocycles. The number of hydrogen-bond acceptors (Lipinski definition) is 5. The predicted octanol–water partition coefficient (Wildman–Crippen LogP) is 0.884. The molecule has 0 amide bonds. The Balaban J connectivity index is 1.96. The molecule has 2 aromatic rings. The molecule has 0 aliphatic heterocycles. The van der Waals surface area contributed by atoms with Gasteiger partial charge in [0.1, 0.15) is 6.04 Å². The fourth-order valence-electron chi connectivity index (χ4n) is 1.58. The zero-order valence-electron chi connectivity index (χ0n) is 9.91. The van der Waals surface area contributed by atoms with Crippen LogP contribution in [0.5, 0.6) is 0 Å². The normalized spacial score (nSPS) is 12.7. The number of fused-ring (bicyclic) bond motifs is 1. The standard InChI is InChI=1S/C11H14N4O2S/c1-12-8(10(16)17)5-7-18-11-14-13-9-4-2-3-6-15(9)11/h2-4,6,8,12H,5,7H2,1H3,(H,16,17). The fourth-order valence-corrected chi connectivity index (χ4v) is 2.51. The maximum Gasteiger partial charge on any atom is 0.320 e. The Bertz CT molecular complexity index is 543. The molecule has 1 atom stereocenters. The number of nitrogens with one attached hydrogen (secondary N) is 1. The summed E-state index contributed by atoms with van der Waals surface area (Å²) in [6.45, 7) is 0. The van der Waals surface area contributed by atoms with E-state index in [9.17, 15) is 4.79 Å². The zero-order valence-corrected chi connectivity index (χ0v) is 10.7. The molecular weight excluding hydrogens is 252 g/mol. The van der Waals surface area contributed by atoms with E-state index in [0.29, 0.717) is 12.2 Å². The number of hydrogen-bond donors (Lipinski definition) is 2. The molecule has 2 rings (SSSR count). The minimum atomic E-state index is -0.829. The average molecular weight is 266 g/mol. The van der Waals surface area contributed by atoms with Crippen molar-refractivity contribution in [2.24, 2.45) is 0 Å². The molecule has 2 N–H and O–H groups in total. The van der Waals surface area contributed by atoms with E-state index in [1.54, 1.807) is 7.05 Å². The Labute approximate surface area is 108 Å². The van der Waals surface area contributed by atoms with Crippen molar-refractivity contribution < 1.29 is 9.90 Å². The van der Waals surface area contributed by atoms with Crippen LogP contribution in [0.25, 0.3) is 5.65 Å². The van der Waals surface area contributed by atoms with E-state index in [0.717, 1.165) is 10.8 Å². The van der Waals surface area contributed by atoms with E-state index in [1.165, 1.54) is 11.8 Å². The molecule has 1 unspecified atom stereocenters. The van der Waals surface area contributed by atoms with Crippen molar-refractivity contribution in [2.75, 3.05) is 12.8 Å². The van der Waals surface area contributed by atoms with Gasteiger partial charge in [0.15, 0.2) is 10.8 Å². The van der Waals surface area contributed by atoms with Gasteiger partial charge in [-0.15, -0.1) is 10.2 Å². The summed E-state index contributed by atoms with van der Waals surface area (Å²) in [6, 6.07) is 5.18. The van der Waals surface area contributed by atoms with E-state index in [1.807, 2.05) is 28.8 Å². The number of thioether (sulfide) groups is 1. The van der Waals surface area contributed by atoms with E-state index < -0.39 is 12.0 Å². The van der Waals surface area contributed by atoms with Crippen molar-refractivity contribution >= 4 is 23.4 Å². The summed E-state index contributed by atoms with van der Waals surface area (Å²) in [7, 11) is 1.65. The molecule has 6 nitrogen and oxygen atoms in total. The number of rotatable bonds is 6. The van der Waals surface area contributed by atoms with Crippen LogP contribution in [0, 0.1) is 0 Å². The maximum absolute atomic E-state index is 10.8. The van der Waals surface area contributed by atoms with Gasteiger partial charge in [-0.05, 0) is 25.6 Å².